The van der Waals surface area contributed by atoms with Crippen LogP contribution in [0.5, 0.6) is 0 Å². The molecule has 0 bridgehead atoms. The number of hydrogen-bond acceptors (Lipinski definition) is 2. The van der Waals surface area contributed by atoms with Crippen LogP contribution in [0.15, 0.2) is 0 Å². The summed E-state index contributed by atoms with van der Waals surface area (Å²) < 4.78 is 0. The Morgan fingerprint density at radius 3 is 2.64 bits per heavy atom. The Bertz CT molecular complexity index is 206. The molecule has 82 valence electrons. The largest absolute Gasteiger partial charge is 0.331 e. The zero-order valence-electron chi connectivity index (χ0n) is 9.36. The third kappa shape index (κ3) is 2.38. The van der Waals surface area contributed by atoms with E-state index in [2.05, 4.69) is 6.92 Å². The highest BCUT2D eigenvalue weighted by molar-refractivity contribution is 5.74. The lowest BCUT2D eigenvalue weighted by molar-refractivity contribution is 0.114. The van der Waals surface area contributed by atoms with E-state index in [0.717, 1.165) is 19.4 Å². The molecule has 0 aliphatic carbocycles. The predicted molar refractivity (Wildman–Crippen MR) is 57.0 cm³/mol. The van der Waals surface area contributed by atoms with Crippen molar-refractivity contribution in [3.63, 3.8) is 0 Å². The van der Waals surface area contributed by atoms with Crippen LogP contribution in [0.2, 0.25) is 0 Å². The smallest absolute Gasteiger partial charge is 0.319 e. The number of carbonyl (C=O) groups excluding carboxylic acids is 1. The first-order valence-corrected chi connectivity index (χ1v) is 5.24. The second-order valence-electron chi connectivity index (χ2n) is 4.36. The van der Waals surface area contributed by atoms with E-state index in [1.165, 1.54) is 0 Å². The molecule has 1 heterocycles. The van der Waals surface area contributed by atoms with Crippen molar-refractivity contribution in [2.24, 2.45) is 11.7 Å². The van der Waals surface area contributed by atoms with Gasteiger partial charge in [0.15, 0.2) is 0 Å². The van der Waals surface area contributed by atoms with Gasteiger partial charge in [-0.2, -0.15) is 0 Å². The van der Waals surface area contributed by atoms with Gasteiger partial charge in [0.05, 0.1) is 0 Å². The summed E-state index contributed by atoms with van der Waals surface area (Å²) in [4.78, 5) is 15.3. The van der Waals surface area contributed by atoms with Crippen LogP contribution in [0, 0.1) is 5.92 Å². The lowest BCUT2D eigenvalue weighted by Crippen LogP contribution is -2.50. The van der Waals surface area contributed by atoms with Crippen molar-refractivity contribution in [1.82, 2.24) is 9.80 Å². The van der Waals surface area contributed by atoms with Crippen LogP contribution in [0.1, 0.15) is 19.8 Å². The fraction of sp³-hybridized carbons (Fsp3) is 0.900. The maximum atomic E-state index is 11.8. The van der Waals surface area contributed by atoms with Gasteiger partial charge < -0.3 is 15.5 Å². The number of amides is 2. The Morgan fingerprint density at radius 1 is 1.50 bits per heavy atom. The summed E-state index contributed by atoms with van der Waals surface area (Å²) in [5.74, 6) is 0.482. The van der Waals surface area contributed by atoms with Gasteiger partial charge >= 0.3 is 6.03 Å². The van der Waals surface area contributed by atoms with Gasteiger partial charge in [-0.05, 0) is 32.2 Å². The van der Waals surface area contributed by atoms with Crippen LogP contribution in [0.4, 0.5) is 4.79 Å². The van der Waals surface area contributed by atoms with E-state index >= 15 is 0 Å². The molecule has 4 nitrogen and oxygen atoms in total. The second-order valence-corrected chi connectivity index (χ2v) is 4.36. The fourth-order valence-electron chi connectivity index (χ4n) is 1.90. The van der Waals surface area contributed by atoms with Gasteiger partial charge in [0.25, 0.3) is 0 Å². The first kappa shape index (κ1) is 11.3. The Labute approximate surface area is 86.0 Å². The van der Waals surface area contributed by atoms with Gasteiger partial charge in [0.2, 0.25) is 0 Å². The molecular formula is C10H21N3O. The van der Waals surface area contributed by atoms with Crippen LogP contribution in [-0.4, -0.2) is 49.1 Å². The van der Waals surface area contributed by atoms with E-state index in [0.29, 0.717) is 18.5 Å². The van der Waals surface area contributed by atoms with Crippen molar-refractivity contribution >= 4 is 6.03 Å². The highest BCUT2D eigenvalue weighted by Gasteiger charge is 2.28. The summed E-state index contributed by atoms with van der Waals surface area (Å²) in [6.45, 7) is 3.60. The zero-order chi connectivity index (χ0) is 10.7. The van der Waals surface area contributed by atoms with Crippen LogP contribution in [0.3, 0.4) is 0 Å². The van der Waals surface area contributed by atoms with E-state index in [9.17, 15) is 4.79 Å². The average Bonchev–Trinajstić information content (AvgIpc) is 2.17. The van der Waals surface area contributed by atoms with Crippen LogP contribution in [-0.2, 0) is 0 Å². The number of nitrogens with two attached hydrogens (primary N) is 1. The van der Waals surface area contributed by atoms with Crippen LogP contribution < -0.4 is 5.73 Å². The molecule has 0 aromatic carbocycles. The molecule has 2 atom stereocenters. The molecule has 0 aromatic rings. The van der Waals surface area contributed by atoms with Gasteiger partial charge in [-0.1, -0.05) is 0 Å². The summed E-state index contributed by atoms with van der Waals surface area (Å²) in [7, 11) is 3.59. The molecule has 14 heavy (non-hydrogen) atoms. The van der Waals surface area contributed by atoms with Crippen LogP contribution >= 0.6 is 0 Å². The van der Waals surface area contributed by atoms with E-state index < -0.39 is 0 Å². The minimum absolute atomic E-state index is 0.107. The van der Waals surface area contributed by atoms with Crippen molar-refractivity contribution in [1.29, 1.82) is 0 Å². The van der Waals surface area contributed by atoms with Gasteiger partial charge in [-0.15, -0.1) is 0 Å². The Kier molecular flexibility index (Phi) is 3.75. The quantitative estimate of drug-likeness (QED) is 0.676. The summed E-state index contributed by atoms with van der Waals surface area (Å²) in [5, 5.41) is 0. The average molecular weight is 199 g/mol. The summed E-state index contributed by atoms with van der Waals surface area (Å²) in [5.41, 5.74) is 5.64. The van der Waals surface area contributed by atoms with Gasteiger partial charge in [0.1, 0.15) is 0 Å². The highest BCUT2D eigenvalue weighted by atomic mass is 16.2. The predicted octanol–water partition coefficient (Wildman–Crippen LogP) is 0.727. The number of piperidine rings is 1. The standard InChI is InChI=1S/C10H21N3O/c1-8-4-5-9(6-11)7-13(8)10(14)12(2)3/h8-9H,4-7,11H2,1-3H3. The monoisotopic (exact) mass is 199 g/mol. The normalized spacial score (nSPS) is 27.6. The Morgan fingerprint density at radius 2 is 2.14 bits per heavy atom. The molecule has 0 radical (unpaired) electrons. The third-order valence-corrected chi connectivity index (χ3v) is 2.94. The topological polar surface area (TPSA) is 49.6 Å². The van der Waals surface area contributed by atoms with E-state index in [4.69, 9.17) is 5.73 Å². The van der Waals surface area contributed by atoms with E-state index in [-0.39, 0.29) is 6.03 Å². The molecule has 4 heteroatoms. The maximum Gasteiger partial charge on any atom is 0.319 e. The van der Waals surface area contributed by atoms with E-state index in [1.807, 2.05) is 4.90 Å². The molecule has 1 aliphatic rings. The van der Waals surface area contributed by atoms with E-state index in [1.54, 1.807) is 19.0 Å². The molecule has 0 aromatic heterocycles. The van der Waals surface area contributed by atoms with Crippen molar-refractivity contribution in [3.8, 4) is 0 Å². The van der Waals surface area contributed by atoms with Crippen LogP contribution in [0.25, 0.3) is 0 Å². The first-order chi connectivity index (χ1) is 6.56. The number of urea groups is 1. The molecule has 2 amide bonds. The molecule has 0 spiro atoms. The Balaban J connectivity index is 2.60. The number of hydrogen-bond donors (Lipinski definition) is 1. The Hall–Kier alpha value is -0.770. The van der Waals surface area contributed by atoms with Crippen molar-refractivity contribution in [2.75, 3.05) is 27.2 Å². The molecule has 1 saturated heterocycles. The zero-order valence-corrected chi connectivity index (χ0v) is 9.36. The fourth-order valence-corrected chi connectivity index (χ4v) is 1.90. The summed E-state index contributed by atoms with van der Waals surface area (Å²) in [6.07, 6.45) is 2.22. The lowest BCUT2D eigenvalue weighted by Gasteiger charge is -2.38. The molecular weight excluding hydrogens is 178 g/mol. The number of likely N-dealkylation sites (tertiary alicyclic amines) is 1. The summed E-state index contributed by atoms with van der Waals surface area (Å²) in [6, 6.07) is 0.461. The van der Waals surface area contributed by atoms with Gasteiger partial charge in [-0.25, -0.2) is 4.79 Å². The molecule has 0 saturated carbocycles. The highest BCUT2D eigenvalue weighted by Crippen LogP contribution is 2.21. The number of nitrogens with zero attached hydrogens (tertiary/aromatic N) is 2. The SMILES string of the molecule is CC1CCC(CN)CN1C(=O)N(C)C. The molecule has 2 N–H and O–H groups in total. The molecule has 1 rings (SSSR count). The lowest BCUT2D eigenvalue weighted by atomic mass is 9.94. The van der Waals surface area contributed by atoms with Crippen molar-refractivity contribution < 1.29 is 4.79 Å². The third-order valence-electron chi connectivity index (χ3n) is 2.94. The summed E-state index contributed by atoms with van der Waals surface area (Å²) >= 11 is 0. The van der Waals surface area contributed by atoms with Gasteiger partial charge in [0, 0.05) is 26.7 Å². The number of rotatable bonds is 1. The van der Waals surface area contributed by atoms with Crippen molar-refractivity contribution in [3.05, 3.63) is 0 Å². The minimum atomic E-state index is 0.107. The first-order valence-electron chi connectivity index (χ1n) is 5.24. The van der Waals surface area contributed by atoms with Gasteiger partial charge in [-0.3, -0.25) is 0 Å². The molecule has 1 fully saturated rings. The maximum absolute atomic E-state index is 11.8. The molecule has 1 aliphatic heterocycles. The number of carbonyl (C=O) groups is 1. The second kappa shape index (κ2) is 4.64. The van der Waals surface area contributed by atoms with Crippen molar-refractivity contribution in [2.45, 2.75) is 25.8 Å². The molecule has 2 unspecified atom stereocenters. The minimum Gasteiger partial charge on any atom is -0.331 e.